The molecule has 0 bridgehead atoms. The van der Waals surface area contributed by atoms with Crippen LogP contribution in [0.25, 0.3) is 11.1 Å². The van der Waals surface area contributed by atoms with Gasteiger partial charge in [-0.15, -0.1) is 0 Å². The Hall–Kier alpha value is -3.20. The van der Waals surface area contributed by atoms with Crippen LogP contribution in [0.5, 0.6) is 0 Å². The quantitative estimate of drug-likeness (QED) is 0.225. The summed E-state index contributed by atoms with van der Waals surface area (Å²) in [6.45, 7) is 0. The molecule has 2 heteroatoms. The lowest BCUT2D eigenvalue weighted by molar-refractivity contribution is 1.60. The second-order valence-electron chi connectivity index (χ2n) is 7.90. The smallest absolute Gasteiger partial charge is 0.0623 e. The predicted molar refractivity (Wildman–Crippen MR) is 143 cm³/mol. The van der Waals surface area contributed by atoms with Crippen molar-refractivity contribution in [2.75, 3.05) is 0 Å². The highest BCUT2D eigenvalue weighted by Gasteiger charge is 2.42. The average Bonchev–Trinajstić information content (AvgIpc) is 2.87. The average molecular weight is 492 g/mol. The largest absolute Gasteiger partial charge is 0.180 e. The van der Waals surface area contributed by atoms with Gasteiger partial charge in [0.2, 0.25) is 0 Å². The fraction of sp³-hybridized carbons (Fsp3) is 0. The van der Waals surface area contributed by atoms with Gasteiger partial charge in [-0.25, -0.2) is 0 Å². The lowest BCUT2D eigenvalue weighted by Crippen LogP contribution is -2.75. The van der Waals surface area contributed by atoms with Gasteiger partial charge in [0.05, 0.1) is 0 Å². The molecule has 0 spiro atoms. The maximum Gasteiger partial charge on any atom is 0.180 e. The van der Waals surface area contributed by atoms with E-state index in [4.69, 9.17) is 0 Å². The molecule has 0 aromatic heterocycles. The maximum absolute atomic E-state index is 3.80. The first-order valence-corrected chi connectivity index (χ1v) is 13.6. The summed E-state index contributed by atoms with van der Waals surface area (Å²) in [5.74, 6) is 0. The Morgan fingerprint density at radius 3 is 1.28 bits per heavy atom. The molecular weight excluding hydrogens is 468 g/mol. The molecule has 0 heterocycles. The molecule has 0 nitrogen and oxygen atoms in total. The van der Waals surface area contributed by atoms with E-state index in [0.29, 0.717) is 0 Å². The van der Waals surface area contributed by atoms with Crippen LogP contribution in [0.2, 0.25) is 0 Å². The van der Waals surface area contributed by atoms with E-state index in [-0.39, 0.29) is 0 Å². The Morgan fingerprint density at radius 2 is 0.844 bits per heavy atom. The highest BCUT2D eigenvalue weighted by Crippen LogP contribution is 2.24. The third-order valence-electron chi connectivity index (χ3n) is 6.09. The minimum atomic E-state index is -2.59. The van der Waals surface area contributed by atoms with Gasteiger partial charge in [-0.2, -0.15) is 0 Å². The first kappa shape index (κ1) is 20.7. The van der Waals surface area contributed by atoms with E-state index in [0.717, 1.165) is 4.47 Å². The van der Waals surface area contributed by atoms with Crippen LogP contribution in [-0.2, 0) is 0 Å². The normalized spacial score (nSPS) is 11.3. The van der Waals surface area contributed by atoms with E-state index in [2.05, 4.69) is 155 Å². The van der Waals surface area contributed by atoms with E-state index in [1.54, 1.807) is 0 Å². The third kappa shape index (κ3) is 3.66. The van der Waals surface area contributed by atoms with Crippen molar-refractivity contribution in [1.82, 2.24) is 0 Å². The van der Waals surface area contributed by atoms with Crippen LogP contribution in [0.3, 0.4) is 0 Å². The summed E-state index contributed by atoms with van der Waals surface area (Å²) >= 11 is 3.80. The summed E-state index contributed by atoms with van der Waals surface area (Å²) in [4.78, 5) is 0. The zero-order chi connectivity index (χ0) is 21.8. The molecule has 0 unspecified atom stereocenters. The highest BCUT2D eigenvalue weighted by molar-refractivity contribution is 9.10. The number of hydrogen-bond donors (Lipinski definition) is 0. The van der Waals surface area contributed by atoms with Crippen molar-refractivity contribution in [2.24, 2.45) is 0 Å². The maximum atomic E-state index is 3.80. The highest BCUT2D eigenvalue weighted by atomic mass is 79.9. The monoisotopic (exact) mass is 490 g/mol. The van der Waals surface area contributed by atoms with Crippen LogP contribution in [0.15, 0.2) is 144 Å². The van der Waals surface area contributed by atoms with Gasteiger partial charge in [0.15, 0.2) is 8.07 Å². The van der Waals surface area contributed by atoms with Crippen LogP contribution in [-0.4, -0.2) is 8.07 Å². The van der Waals surface area contributed by atoms with Crippen LogP contribution >= 0.6 is 15.9 Å². The lowest BCUT2D eigenvalue weighted by atomic mass is 10.1. The number of benzene rings is 5. The molecule has 0 saturated carbocycles. The van der Waals surface area contributed by atoms with Crippen LogP contribution < -0.4 is 20.7 Å². The standard InChI is InChI=1S/C30H23BrSi/c31-25-21-22-29(24-13-5-1-6-14-24)30(23-25)32(26-15-7-2-8-16-26,27-17-9-3-10-18-27)28-19-11-4-12-20-28/h1-23H. The van der Waals surface area contributed by atoms with Gasteiger partial charge in [0.1, 0.15) is 0 Å². The van der Waals surface area contributed by atoms with Crippen LogP contribution in [0.1, 0.15) is 0 Å². The fourth-order valence-corrected chi connectivity index (χ4v) is 10.3. The fourth-order valence-electron chi connectivity index (χ4n) is 4.73. The lowest BCUT2D eigenvalue weighted by Gasteiger charge is -2.36. The van der Waals surface area contributed by atoms with E-state index in [9.17, 15) is 0 Å². The summed E-state index contributed by atoms with van der Waals surface area (Å²) in [7, 11) is -2.59. The predicted octanol–water partition coefficient (Wildman–Crippen LogP) is 5.49. The molecule has 32 heavy (non-hydrogen) atoms. The summed E-state index contributed by atoms with van der Waals surface area (Å²) in [6.07, 6.45) is 0. The Bertz CT molecular complexity index is 1200. The molecule has 0 radical (unpaired) electrons. The van der Waals surface area contributed by atoms with Gasteiger partial charge in [-0.3, -0.25) is 0 Å². The topological polar surface area (TPSA) is 0 Å². The summed E-state index contributed by atoms with van der Waals surface area (Å²) in [5.41, 5.74) is 2.53. The van der Waals surface area contributed by atoms with E-state index in [1.807, 2.05) is 0 Å². The Labute approximate surface area is 199 Å². The summed E-state index contributed by atoms with van der Waals surface area (Å²) in [6, 6.07) is 50.7. The molecule has 0 N–H and O–H groups in total. The zero-order valence-electron chi connectivity index (χ0n) is 17.7. The van der Waals surface area contributed by atoms with E-state index < -0.39 is 8.07 Å². The molecule has 0 aliphatic carbocycles. The Balaban J connectivity index is 1.96. The van der Waals surface area contributed by atoms with Gasteiger partial charge in [0.25, 0.3) is 0 Å². The molecule has 0 amide bonds. The van der Waals surface area contributed by atoms with Crippen LogP contribution in [0.4, 0.5) is 0 Å². The first-order chi connectivity index (χ1) is 15.8. The van der Waals surface area contributed by atoms with Crippen molar-refractivity contribution in [2.45, 2.75) is 0 Å². The second kappa shape index (κ2) is 9.11. The Morgan fingerprint density at radius 1 is 0.438 bits per heavy atom. The number of rotatable bonds is 5. The third-order valence-corrected chi connectivity index (χ3v) is 11.4. The second-order valence-corrected chi connectivity index (χ2v) is 12.6. The van der Waals surface area contributed by atoms with Crippen molar-refractivity contribution >= 4 is 44.8 Å². The van der Waals surface area contributed by atoms with Crippen LogP contribution in [0, 0.1) is 0 Å². The molecular formula is C30H23BrSi. The molecule has 5 rings (SSSR count). The minimum Gasteiger partial charge on any atom is -0.0623 e. The molecule has 0 aliphatic heterocycles. The molecule has 154 valence electrons. The van der Waals surface area contributed by atoms with Gasteiger partial charge < -0.3 is 0 Å². The van der Waals surface area contributed by atoms with Crippen molar-refractivity contribution in [3.05, 3.63) is 144 Å². The van der Waals surface area contributed by atoms with Crippen molar-refractivity contribution in [3.63, 3.8) is 0 Å². The molecule has 5 aromatic rings. The molecule has 0 fully saturated rings. The molecule has 0 atom stereocenters. The number of hydrogen-bond acceptors (Lipinski definition) is 0. The zero-order valence-corrected chi connectivity index (χ0v) is 20.2. The van der Waals surface area contributed by atoms with Crippen molar-refractivity contribution in [1.29, 1.82) is 0 Å². The molecule has 5 aromatic carbocycles. The van der Waals surface area contributed by atoms with Crippen molar-refractivity contribution < 1.29 is 0 Å². The molecule has 0 saturated heterocycles. The van der Waals surface area contributed by atoms with Gasteiger partial charge in [-0.05, 0) is 44.0 Å². The van der Waals surface area contributed by atoms with E-state index >= 15 is 0 Å². The summed E-state index contributed by atoms with van der Waals surface area (Å²) < 4.78 is 1.10. The van der Waals surface area contributed by atoms with Gasteiger partial charge >= 0.3 is 0 Å². The van der Waals surface area contributed by atoms with Gasteiger partial charge in [-0.1, -0.05) is 143 Å². The molecule has 0 aliphatic rings. The first-order valence-electron chi connectivity index (χ1n) is 10.8. The minimum absolute atomic E-state index is 1.10. The summed E-state index contributed by atoms with van der Waals surface area (Å²) in [5, 5.41) is 5.54. The van der Waals surface area contributed by atoms with Gasteiger partial charge in [0, 0.05) is 4.47 Å². The van der Waals surface area contributed by atoms with Crippen molar-refractivity contribution in [3.8, 4) is 11.1 Å². The SMILES string of the molecule is Brc1ccc(-c2ccccc2)c([Si](c2ccccc2)(c2ccccc2)c2ccccc2)c1. The Kier molecular flexibility index (Phi) is 5.89. The van der Waals surface area contributed by atoms with E-state index in [1.165, 1.54) is 31.9 Å². The number of halogens is 1.